The summed E-state index contributed by atoms with van der Waals surface area (Å²) in [6.07, 6.45) is 6.25. The first kappa shape index (κ1) is 17.3. The number of rotatable bonds is 6. The van der Waals surface area contributed by atoms with Crippen molar-refractivity contribution in [3.63, 3.8) is 0 Å². The minimum atomic E-state index is -3.50. The summed E-state index contributed by atoms with van der Waals surface area (Å²) in [6.45, 7) is 1.17. The second-order valence-corrected chi connectivity index (χ2v) is 7.72. The molecule has 0 aliphatic carbocycles. The molecule has 134 valence electrons. The number of benzene rings is 1. The summed E-state index contributed by atoms with van der Waals surface area (Å²) < 4.78 is 32.9. The average molecular weight is 364 g/mol. The van der Waals surface area contributed by atoms with E-state index in [0.29, 0.717) is 18.0 Å². The quantitative estimate of drug-likeness (QED) is 0.759. The number of sulfonamides is 1. The molecule has 0 spiro atoms. The van der Waals surface area contributed by atoms with Crippen molar-refractivity contribution in [3.8, 4) is 5.75 Å². The highest BCUT2D eigenvalue weighted by atomic mass is 32.2. The summed E-state index contributed by atoms with van der Waals surface area (Å²) in [5.74, 6) is 0.0616. The molecule has 1 N–H and O–H groups in total. The molecule has 25 heavy (non-hydrogen) atoms. The van der Waals surface area contributed by atoms with Crippen LogP contribution in [0.25, 0.3) is 0 Å². The van der Waals surface area contributed by atoms with Gasteiger partial charge in [0.05, 0.1) is 24.8 Å². The number of carbonyl (C=O) groups is 1. The van der Waals surface area contributed by atoms with Gasteiger partial charge in [0, 0.05) is 25.5 Å². The monoisotopic (exact) mass is 364 g/mol. The van der Waals surface area contributed by atoms with Crippen molar-refractivity contribution in [2.45, 2.75) is 19.1 Å². The van der Waals surface area contributed by atoms with Crippen LogP contribution in [0.4, 0.5) is 5.69 Å². The van der Waals surface area contributed by atoms with Crippen LogP contribution in [0.5, 0.6) is 5.75 Å². The smallest absolute Gasteiger partial charge is 0.263 e. The molecule has 0 bridgehead atoms. The van der Waals surface area contributed by atoms with Gasteiger partial charge in [0.15, 0.2) is 6.10 Å². The molecule has 0 saturated heterocycles. The second kappa shape index (κ2) is 7.14. The number of amides is 1. The highest BCUT2D eigenvalue weighted by Crippen LogP contribution is 2.34. The standard InChI is InChI=1S/C16H20N4O4S/c1-25(22,23)20-11-15(24-14-6-3-2-5-13(14)20)16(21)18-7-4-9-19-10-8-17-12-19/h2-3,5-6,8,10,12,15H,4,7,9,11H2,1H3,(H,18,21). The summed E-state index contributed by atoms with van der Waals surface area (Å²) in [5.41, 5.74) is 0.453. The van der Waals surface area contributed by atoms with Crippen molar-refractivity contribution in [2.75, 3.05) is 23.7 Å². The summed E-state index contributed by atoms with van der Waals surface area (Å²) >= 11 is 0. The van der Waals surface area contributed by atoms with Gasteiger partial charge < -0.3 is 14.6 Å². The zero-order valence-corrected chi connectivity index (χ0v) is 14.6. The SMILES string of the molecule is CS(=O)(=O)N1CC(C(=O)NCCCn2ccnc2)Oc2ccccc21. The fraction of sp³-hybridized carbons (Fsp3) is 0.375. The molecule has 0 radical (unpaired) electrons. The third kappa shape index (κ3) is 4.11. The van der Waals surface area contributed by atoms with Gasteiger partial charge in [0.2, 0.25) is 10.0 Å². The third-order valence-corrected chi connectivity index (χ3v) is 5.03. The molecule has 2 aromatic rings. The van der Waals surface area contributed by atoms with E-state index >= 15 is 0 Å². The number of hydrogen-bond acceptors (Lipinski definition) is 5. The maximum absolute atomic E-state index is 12.4. The van der Waals surface area contributed by atoms with Crippen LogP contribution in [0.1, 0.15) is 6.42 Å². The maximum Gasteiger partial charge on any atom is 0.263 e. The van der Waals surface area contributed by atoms with Crippen LogP contribution in [0.2, 0.25) is 0 Å². The number of fused-ring (bicyclic) bond motifs is 1. The predicted octanol–water partition coefficient (Wildman–Crippen LogP) is 0.617. The van der Waals surface area contributed by atoms with Gasteiger partial charge in [-0.05, 0) is 18.6 Å². The Hall–Kier alpha value is -2.55. The van der Waals surface area contributed by atoms with E-state index in [2.05, 4.69) is 10.3 Å². The van der Waals surface area contributed by atoms with Crippen LogP contribution in [0.15, 0.2) is 43.0 Å². The lowest BCUT2D eigenvalue weighted by Crippen LogP contribution is -2.50. The molecule has 3 rings (SSSR count). The van der Waals surface area contributed by atoms with Gasteiger partial charge in [-0.1, -0.05) is 12.1 Å². The summed E-state index contributed by atoms with van der Waals surface area (Å²) in [6, 6.07) is 6.79. The Morgan fingerprint density at radius 1 is 1.40 bits per heavy atom. The van der Waals surface area contributed by atoms with Crippen LogP contribution < -0.4 is 14.4 Å². The van der Waals surface area contributed by atoms with E-state index < -0.39 is 16.1 Å². The molecule has 2 heterocycles. The summed E-state index contributed by atoms with van der Waals surface area (Å²) in [7, 11) is -3.50. The number of para-hydroxylation sites is 2. The molecule has 1 amide bonds. The number of aromatic nitrogens is 2. The number of imidazole rings is 1. The van der Waals surface area contributed by atoms with E-state index in [1.165, 1.54) is 4.31 Å². The topological polar surface area (TPSA) is 93.5 Å². The molecule has 1 aromatic carbocycles. The Bertz CT molecular complexity index is 836. The van der Waals surface area contributed by atoms with Crippen LogP contribution in [0.3, 0.4) is 0 Å². The molecule has 1 atom stereocenters. The molecule has 0 fully saturated rings. The number of hydrogen-bond donors (Lipinski definition) is 1. The van der Waals surface area contributed by atoms with Crippen LogP contribution in [-0.4, -0.2) is 49.3 Å². The fourth-order valence-corrected chi connectivity index (χ4v) is 3.57. The minimum Gasteiger partial charge on any atom is -0.476 e. The largest absolute Gasteiger partial charge is 0.476 e. The van der Waals surface area contributed by atoms with Crippen molar-refractivity contribution < 1.29 is 17.9 Å². The minimum absolute atomic E-state index is 0.0385. The molecular weight excluding hydrogens is 344 g/mol. The number of anilines is 1. The van der Waals surface area contributed by atoms with Gasteiger partial charge >= 0.3 is 0 Å². The molecule has 1 unspecified atom stereocenters. The van der Waals surface area contributed by atoms with E-state index in [9.17, 15) is 13.2 Å². The molecule has 1 aromatic heterocycles. The third-order valence-electron chi connectivity index (χ3n) is 3.88. The normalized spacial score (nSPS) is 16.8. The van der Waals surface area contributed by atoms with Crippen molar-refractivity contribution in [1.82, 2.24) is 14.9 Å². The summed E-state index contributed by atoms with van der Waals surface area (Å²) in [4.78, 5) is 16.3. The van der Waals surface area contributed by atoms with Gasteiger partial charge in [-0.25, -0.2) is 13.4 Å². The van der Waals surface area contributed by atoms with E-state index in [1.54, 1.807) is 36.8 Å². The van der Waals surface area contributed by atoms with Crippen molar-refractivity contribution >= 4 is 21.6 Å². The first-order chi connectivity index (χ1) is 11.9. The number of aryl methyl sites for hydroxylation is 1. The van der Waals surface area contributed by atoms with Gasteiger partial charge in [-0.3, -0.25) is 9.10 Å². The molecule has 0 saturated carbocycles. The van der Waals surface area contributed by atoms with E-state index in [-0.39, 0.29) is 12.5 Å². The summed E-state index contributed by atoms with van der Waals surface area (Å²) in [5, 5.41) is 2.80. The van der Waals surface area contributed by atoms with Crippen LogP contribution in [0, 0.1) is 0 Å². The maximum atomic E-state index is 12.4. The number of nitrogens with zero attached hydrogens (tertiary/aromatic N) is 3. The number of ether oxygens (including phenoxy) is 1. The Balaban J connectivity index is 1.61. The van der Waals surface area contributed by atoms with Gasteiger partial charge in [-0.15, -0.1) is 0 Å². The van der Waals surface area contributed by atoms with Crippen molar-refractivity contribution in [2.24, 2.45) is 0 Å². The number of nitrogens with one attached hydrogen (secondary N) is 1. The lowest BCUT2D eigenvalue weighted by atomic mass is 10.2. The molecule has 1 aliphatic heterocycles. The van der Waals surface area contributed by atoms with Gasteiger partial charge in [0.25, 0.3) is 5.91 Å². The first-order valence-electron chi connectivity index (χ1n) is 7.92. The predicted molar refractivity (Wildman–Crippen MR) is 92.9 cm³/mol. The zero-order chi connectivity index (χ0) is 17.9. The lowest BCUT2D eigenvalue weighted by Gasteiger charge is -2.33. The highest BCUT2D eigenvalue weighted by Gasteiger charge is 2.34. The fourth-order valence-electron chi connectivity index (χ4n) is 2.66. The molecule has 9 heteroatoms. The zero-order valence-electron chi connectivity index (χ0n) is 13.8. The lowest BCUT2D eigenvalue weighted by molar-refractivity contribution is -0.127. The van der Waals surface area contributed by atoms with Crippen LogP contribution in [-0.2, 0) is 21.4 Å². The number of carbonyl (C=O) groups excluding carboxylic acids is 1. The van der Waals surface area contributed by atoms with Crippen molar-refractivity contribution in [3.05, 3.63) is 43.0 Å². The molecule has 1 aliphatic rings. The Morgan fingerprint density at radius 3 is 2.92 bits per heavy atom. The first-order valence-corrected chi connectivity index (χ1v) is 9.77. The Kier molecular flexibility index (Phi) is 4.93. The average Bonchev–Trinajstić information content (AvgIpc) is 3.10. The molecular formula is C16H20N4O4S. The second-order valence-electron chi connectivity index (χ2n) is 5.81. The van der Waals surface area contributed by atoms with E-state index in [0.717, 1.165) is 19.2 Å². The van der Waals surface area contributed by atoms with E-state index in [1.807, 2.05) is 10.8 Å². The van der Waals surface area contributed by atoms with Gasteiger partial charge in [0.1, 0.15) is 5.75 Å². The van der Waals surface area contributed by atoms with Crippen LogP contribution >= 0.6 is 0 Å². The van der Waals surface area contributed by atoms with Gasteiger partial charge in [-0.2, -0.15) is 0 Å². The Labute approximate surface area is 146 Å². The van der Waals surface area contributed by atoms with E-state index in [4.69, 9.17) is 4.74 Å². The molecule has 8 nitrogen and oxygen atoms in total. The highest BCUT2D eigenvalue weighted by molar-refractivity contribution is 7.92. The van der Waals surface area contributed by atoms with Crippen molar-refractivity contribution in [1.29, 1.82) is 0 Å². The Morgan fingerprint density at radius 2 is 2.20 bits per heavy atom.